The number of rotatable bonds is 6. The van der Waals surface area contributed by atoms with E-state index in [1.165, 1.54) is 0 Å². The molecule has 0 bridgehead atoms. The van der Waals surface area contributed by atoms with E-state index in [1.54, 1.807) is 6.20 Å². The number of anilines is 3. The van der Waals surface area contributed by atoms with Crippen molar-refractivity contribution in [3.63, 3.8) is 0 Å². The summed E-state index contributed by atoms with van der Waals surface area (Å²) in [6.45, 7) is 2.15. The van der Waals surface area contributed by atoms with Crippen molar-refractivity contribution in [2.24, 2.45) is 5.92 Å². The number of nitrogens with one attached hydrogen (secondary N) is 2. The van der Waals surface area contributed by atoms with Gasteiger partial charge in [-0.2, -0.15) is 0 Å². The molecule has 7 heteroatoms. The first-order valence-electron chi connectivity index (χ1n) is 11.3. The molecule has 0 spiro atoms. The topological polar surface area (TPSA) is 83.0 Å². The zero-order chi connectivity index (χ0) is 22.5. The summed E-state index contributed by atoms with van der Waals surface area (Å²) in [5.74, 6) is 2.41. The van der Waals surface area contributed by atoms with Crippen LogP contribution in [0.1, 0.15) is 18.4 Å². The molecule has 1 fully saturated rings. The number of amides is 1. The number of aromatic nitrogens is 3. The summed E-state index contributed by atoms with van der Waals surface area (Å²) in [6.07, 6.45) is 3.40. The van der Waals surface area contributed by atoms with Gasteiger partial charge in [0.1, 0.15) is 5.82 Å². The third-order valence-electron chi connectivity index (χ3n) is 6.07. The van der Waals surface area contributed by atoms with E-state index in [0.29, 0.717) is 12.4 Å². The van der Waals surface area contributed by atoms with E-state index in [-0.39, 0.29) is 11.8 Å². The Balaban J connectivity index is 1.16. The summed E-state index contributed by atoms with van der Waals surface area (Å²) >= 11 is 0. The first-order chi connectivity index (χ1) is 16.3. The lowest BCUT2D eigenvalue weighted by molar-refractivity contribution is -0.125. The molecule has 33 heavy (non-hydrogen) atoms. The molecule has 0 atom stereocenters. The Labute approximate surface area is 192 Å². The predicted octanol–water partition coefficient (Wildman–Crippen LogP) is 4.30. The maximum atomic E-state index is 12.6. The molecular formula is C26H26N6O. The van der Waals surface area contributed by atoms with Crippen molar-refractivity contribution in [2.75, 3.05) is 23.3 Å². The van der Waals surface area contributed by atoms with Gasteiger partial charge in [0.2, 0.25) is 5.91 Å². The van der Waals surface area contributed by atoms with Gasteiger partial charge in [-0.25, -0.2) is 4.98 Å². The normalized spacial score (nSPS) is 14.2. The maximum Gasteiger partial charge on any atom is 0.223 e. The molecule has 7 nitrogen and oxygen atoms in total. The number of pyridine rings is 1. The first kappa shape index (κ1) is 20.9. The Bertz CT molecular complexity index is 1220. The van der Waals surface area contributed by atoms with Crippen LogP contribution in [0.5, 0.6) is 0 Å². The van der Waals surface area contributed by atoms with Gasteiger partial charge in [-0.05, 0) is 42.0 Å². The van der Waals surface area contributed by atoms with Gasteiger partial charge >= 0.3 is 0 Å². The Hall–Kier alpha value is -4.00. The quantitative estimate of drug-likeness (QED) is 0.467. The minimum atomic E-state index is 0.0382. The van der Waals surface area contributed by atoms with Gasteiger partial charge in [0, 0.05) is 37.1 Å². The van der Waals surface area contributed by atoms with E-state index in [1.807, 2.05) is 66.7 Å². The van der Waals surface area contributed by atoms with E-state index < -0.39 is 0 Å². The molecule has 0 unspecified atom stereocenters. The van der Waals surface area contributed by atoms with Crippen LogP contribution in [0.25, 0.3) is 10.8 Å². The van der Waals surface area contributed by atoms with Gasteiger partial charge in [0.15, 0.2) is 11.6 Å². The lowest BCUT2D eigenvalue weighted by atomic mass is 9.96. The van der Waals surface area contributed by atoms with E-state index in [9.17, 15) is 4.79 Å². The van der Waals surface area contributed by atoms with Crippen LogP contribution in [0.2, 0.25) is 0 Å². The van der Waals surface area contributed by atoms with Gasteiger partial charge in [-0.3, -0.25) is 4.79 Å². The first-order valence-corrected chi connectivity index (χ1v) is 11.3. The number of hydrogen-bond acceptors (Lipinski definition) is 6. The van der Waals surface area contributed by atoms with Crippen molar-refractivity contribution < 1.29 is 4.79 Å². The van der Waals surface area contributed by atoms with Gasteiger partial charge in [-0.1, -0.05) is 54.6 Å². The van der Waals surface area contributed by atoms with Crippen LogP contribution < -0.4 is 15.5 Å². The number of hydrogen-bond donors (Lipinski definition) is 2. The Morgan fingerprint density at radius 3 is 2.48 bits per heavy atom. The minimum Gasteiger partial charge on any atom is -0.355 e. The molecular weight excluding hydrogens is 412 g/mol. The molecule has 1 aliphatic heterocycles. The Morgan fingerprint density at radius 2 is 1.70 bits per heavy atom. The zero-order valence-electron chi connectivity index (χ0n) is 18.3. The van der Waals surface area contributed by atoms with Gasteiger partial charge < -0.3 is 15.5 Å². The van der Waals surface area contributed by atoms with E-state index in [0.717, 1.165) is 53.9 Å². The number of carbonyl (C=O) groups excluding carboxylic acids is 1. The van der Waals surface area contributed by atoms with Gasteiger partial charge in [0.25, 0.3) is 0 Å². The third-order valence-corrected chi connectivity index (χ3v) is 6.07. The molecule has 1 saturated heterocycles. The number of nitrogens with zero attached hydrogens (tertiary/aromatic N) is 4. The maximum absolute atomic E-state index is 12.6. The van der Waals surface area contributed by atoms with Gasteiger partial charge in [-0.15, -0.1) is 10.2 Å². The lowest BCUT2D eigenvalue weighted by Gasteiger charge is -2.31. The minimum absolute atomic E-state index is 0.0382. The molecule has 2 N–H and O–H groups in total. The van der Waals surface area contributed by atoms with E-state index >= 15 is 0 Å². The highest BCUT2D eigenvalue weighted by atomic mass is 16.1. The molecule has 1 amide bonds. The van der Waals surface area contributed by atoms with E-state index in [2.05, 4.69) is 36.8 Å². The van der Waals surface area contributed by atoms with Crippen molar-refractivity contribution in [2.45, 2.75) is 19.4 Å². The fraction of sp³-hybridized carbons (Fsp3) is 0.231. The molecule has 1 aliphatic rings. The average Bonchev–Trinajstić information content (AvgIpc) is 2.89. The molecule has 0 radical (unpaired) electrons. The van der Waals surface area contributed by atoms with Crippen LogP contribution in [-0.4, -0.2) is 34.2 Å². The van der Waals surface area contributed by atoms with Crippen LogP contribution in [0.15, 0.2) is 79.0 Å². The van der Waals surface area contributed by atoms with Crippen molar-refractivity contribution >= 4 is 34.1 Å². The summed E-state index contributed by atoms with van der Waals surface area (Å²) in [5, 5.41) is 17.3. The second-order valence-corrected chi connectivity index (χ2v) is 8.25. The largest absolute Gasteiger partial charge is 0.355 e. The predicted molar refractivity (Wildman–Crippen MR) is 130 cm³/mol. The molecule has 0 aliphatic carbocycles. The highest BCUT2D eigenvalue weighted by Crippen LogP contribution is 2.25. The van der Waals surface area contributed by atoms with Crippen molar-refractivity contribution in [3.8, 4) is 0 Å². The average molecular weight is 439 g/mol. The van der Waals surface area contributed by atoms with Crippen molar-refractivity contribution in [3.05, 3.63) is 84.6 Å². The summed E-state index contributed by atoms with van der Waals surface area (Å²) in [6, 6.07) is 24.0. The SMILES string of the molecule is O=C(NCc1ccccc1)C1CCN(c2ccc(Nc3nccc4ccccc34)nn2)CC1. The molecule has 4 aromatic rings. The third kappa shape index (κ3) is 4.92. The number of piperidine rings is 1. The summed E-state index contributed by atoms with van der Waals surface area (Å²) < 4.78 is 0. The smallest absolute Gasteiger partial charge is 0.223 e. The second-order valence-electron chi connectivity index (χ2n) is 8.25. The van der Waals surface area contributed by atoms with Crippen molar-refractivity contribution in [1.82, 2.24) is 20.5 Å². The van der Waals surface area contributed by atoms with Crippen LogP contribution in [-0.2, 0) is 11.3 Å². The highest BCUT2D eigenvalue weighted by molar-refractivity contribution is 5.92. The standard InChI is InChI=1S/C26H26N6O/c33-26(28-18-19-6-2-1-3-7-19)21-13-16-32(17-14-21)24-11-10-23(30-31-24)29-25-22-9-5-4-8-20(22)12-15-27-25/h1-12,15,21H,13-14,16-18H2,(H,28,33)(H,27,29,30). The lowest BCUT2D eigenvalue weighted by Crippen LogP contribution is -2.40. The molecule has 2 aromatic carbocycles. The fourth-order valence-corrected chi connectivity index (χ4v) is 4.20. The van der Waals surface area contributed by atoms with Crippen LogP contribution in [0.4, 0.5) is 17.5 Å². The number of benzene rings is 2. The summed E-state index contributed by atoms with van der Waals surface area (Å²) in [5.41, 5.74) is 1.12. The number of fused-ring (bicyclic) bond motifs is 1. The van der Waals surface area contributed by atoms with Crippen LogP contribution in [0, 0.1) is 5.92 Å². The zero-order valence-corrected chi connectivity index (χ0v) is 18.3. The molecule has 3 heterocycles. The Morgan fingerprint density at radius 1 is 0.909 bits per heavy atom. The molecule has 2 aromatic heterocycles. The Kier molecular flexibility index (Phi) is 6.10. The second kappa shape index (κ2) is 9.65. The number of carbonyl (C=O) groups is 1. The molecule has 5 rings (SSSR count). The molecule has 166 valence electrons. The van der Waals surface area contributed by atoms with Crippen LogP contribution in [0.3, 0.4) is 0 Å². The highest BCUT2D eigenvalue weighted by Gasteiger charge is 2.25. The molecule has 0 saturated carbocycles. The monoisotopic (exact) mass is 438 g/mol. The van der Waals surface area contributed by atoms with Crippen LogP contribution >= 0.6 is 0 Å². The van der Waals surface area contributed by atoms with E-state index in [4.69, 9.17) is 0 Å². The fourth-order valence-electron chi connectivity index (χ4n) is 4.20. The van der Waals surface area contributed by atoms with Gasteiger partial charge in [0.05, 0.1) is 0 Å². The summed E-state index contributed by atoms with van der Waals surface area (Å²) in [7, 11) is 0. The summed E-state index contributed by atoms with van der Waals surface area (Å²) in [4.78, 5) is 19.2. The van der Waals surface area contributed by atoms with Crippen molar-refractivity contribution in [1.29, 1.82) is 0 Å².